The Kier molecular flexibility index (Phi) is 9.79. The van der Waals surface area contributed by atoms with Gasteiger partial charge >= 0.3 is 0 Å². The monoisotopic (exact) mass is 858 g/mol. The molecule has 0 saturated carbocycles. The van der Waals surface area contributed by atoms with Gasteiger partial charge in [0, 0.05) is 80.8 Å². The van der Waals surface area contributed by atoms with Crippen molar-refractivity contribution in [1.82, 2.24) is 0 Å². The Hall–Kier alpha value is -8.22. The average Bonchev–Trinajstić information content (AvgIpc) is 3.89. The number of fused-ring (bicyclic) bond motifs is 6. The van der Waals surface area contributed by atoms with Crippen LogP contribution in [0.15, 0.2) is 248 Å². The lowest BCUT2D eigenvalue weighted by molar-refractivity contribution is 0.627. The number of anilines is 9. The van der Waals surface area contributed by atoms with Gasteiger partial charge in [0.2, 0.25) is 0 Å². The van der Waals surface area contributed by atoms with Gasteiger partial charge in [-0.15, -0.1) is 0 Å². The number of para-hydroxylation sites is 3. The molecule has 0 bridgehead atoms. The first-order valence-corrected chi connectivity index (χ1v) is 22.6. The largest absolute Gasteiger partial charge is 0.333 e. The van der Waals surface area contributed by atoms with E-state index in [4.69, 9.17) is 0 Å². The Labute approximate surface area is 384 Å². The first kappa shape index (κ1) is 39.4. The van der Waals surface area contributed by atoms with Crippen molar-refractivity contribution in [3.8, 4) is 11.1 Å². The molecule has 2 aliphatic heterocycles. The number of hydrogen-bond acceptors (Lipinski definition) is 4. The van der Waals surface area contributed by atoms with Crippen LogP contribution < -0.4 is 19.6 Å². The van der Waals surface area contributed by atoms with E-state index in [0.29, 0.717) is 0 Å². The summed E-state index contributed by atoms with van der Waals surface area (Å²) in [5, 5.41) is 0. The highest BCUT2D eigenvalue weighted by atomic mass is 19.1. The molecule has 2 aliphatic carbocycles. The van der Waals surface area contributed by atoms with Gasteiger partial charge in [-0.2, -0.15) is 0 Å². The maximum atomic E-state index is 14.4. The highest BCUT2D eigenvalue weighted by Crippen LogP contribution is 2.53. The van der Waals surface area contributed by atoms with Crippen LogP contribution in [-0.4, -0.2) is 6.04 Å². The van der Waals surface area contributed by atoms with Crippen molar-refractivity contribution in [2.75, 3.05) is 19.6 Å². The van der Waals surface area contributed by atoms with E-state index in [1.807, 2.05) is 24.3 Å². The highest BCUT2D eigenvalue weighted by Gasteiger charge is 2.39. The van der Waals surface area contributed by atoms with Crippen LogP contribution in [-0.2, 0) is 0 Å². The summed E-state index contributed by atoms with van der Waals surface area (Å²) in [6, 6.07) is 67.4. The molecule has 3 unspecified atom stereocenters. The van der Waals surface area contributed by atoms with E-state index in [1.165, 1.54) is 52.5 Å². The zero-order valence-corrected chi connectivity index (χ0v) is 36.0. The van der Waals surface area contributed by atoms with Crippen LogP contribution in [0.3, 0.4) is 0 Å². The topological polar surface area (TPSA) is 13.0 Å². The smallest absolute Gasteiger partial charge is 0.123 e. The molecule has 318 valence electrons. The van der Waals surface area contributed by atoms with Crippen molar-refractivity contribution in [2.24, 2.45) is 0 Å². The SMILES string of the molecule is Fc1ccc(N(C2=CC=C3C(C2)c2ccccc2N3c2ccccc2)c2ccc(-c3ccc(N(c4ccc(F)cc4)c4ccc5c(c4)C4C=CC=CC4N5c4ccccc4)cc3)cc2)cc1. The van der Waals surface area contributed by atoms with Crippen molar-refractivity contribution in [1.29, 1.82) is 0 Å². The zero-order chi connectivity index (χ0) is 44.1. The predicted octanol–water partition coefficient (Wildman–Crippen LogP) is 16.1. The van der Waals surface area contributed by atoms with Gasteiger partial charge in [0.1, 0.15) is 11.6 Å². The Balaban J connectivity index is 0.869. The molecule has 0 spiro atoms. The van der Waals surface area contributed by atoms with Crippen molar-refractivity contribution < 1.29 is 8.78 Å². The second kappa shape index (κ2) is 16.4. The molecular formula is C60H44F2N4. The van der Waals surface area contributed by atoms with Crippen LogP contribution in [0.1, 0.15) is 29.4 Å². The Morgan fingerprint density at radius 3 is 1.61 bits per heavy atom. The molecule has 66 heavy (non-hydrogen) atoms. The summed E-state index contributed by atoms with van der Waals surface area (Å²) in [5.74, 6) is -0.186. The molecular weight excluding hydrogens is 815 g/mol. The molecule has 8 aromatic rings. The first-order chi connectivity index (χ1) is 32.6. The number of halogens is 2. The van der Waals surface area contributed by atoms with Gasteiger partial charge in [-0.05, 0) is 156 Å². The number of nitrogens with zero attached hydrogens (tertiary/aromatic N) is 4. The standard InChI is InChI=1S/C60H44F2N4/c61-43-23-31-49(32-24-43)63(51-35-37-59-55(39-51)53-15-7-9-17-57(53)65(59)45-11-3-1-4-12-45)47-27-19-41(20-28-47)42-21-29-48(30-22-42)64(50-33-25-44(62)26-34-50)52-36-38-60-56(40-52)54-16-8-10-18-58(54)66(60)46-13-5-2-6-14-46/h1-39,53,56-57H,40H2. The Morgan fingerprint density at radius 2 is 0.970 bits per heavy atom. The highest BCUT2D eigenvalue weighted by molar-refractivity contribution is 5.84. The lowest BCUT2D eigenvalue weighted by Gasteiger charge is -2.33. The second-order valence-electron chi connectivity index (χ2n) is 17.2. The maximum Gasteiger partial charge on any atom is 0.123 e. The summed E-state index contributed by atoms with van der Waals surface area (Å²) in [6.45, 7) is 0. The molecule has 3 atom stereocenters. The summed E-state index contributed by atoms with van der Waals surface area (Å²) in [4.78, 5) is 9.26. The van der Waals surface area contributed by atoms with Gasteiger partial charge < -0.3 is 19.6 Å². The quantitative estimate of drug-likeness (QED) is 0.143. The predicted molar refractivity (Wildman–Crippen MR) is 267 cm³/mol. The van der Waals surface area contributed by atoms with E-state index in [-0.39, 0.29) is 29.5 Å². The van der Waals surface area contributed by atoms with Crippen LogP contribution in [0.4, 0.5) is 60.0 Å². The van der Waals surface area contributed by atoms with Crippen LogP contribution in [0, 0.1) is 11.6 Å². The molecule has 0 radical (unpaired) electrons. The molecule has 12 rings (SSSR count). The van der Waals surface area contributed by atoms with E-state index in [1.54, 1.807) is 0 Å². The van der Waals surface area contributed by atoms with Crippen molar-refractivity contribution >= 4 is 51.2 Å². The van der Waals surface area contributed by atoms with Gasteiger partial charge in [-0.25, -0.2) is 8.78 Å². The van der Waals surface area contributed by atoms with Crippen molar-refractivity contribution in [3.05, 3.63) is 271 Å². The lowest BCUT2D eigenvalue weighted by Crippen LogP contribution is -2.28. The van der Waals surface area contributed by atoms with Crippen molar-refractivity contribution in [2.45, 2.75) is 24.3 Å². The molecule has 0 amide bonds. The second-order valence-corrected chi connectivity index (χ2v) is 17.2. The molecule has 8 aromatic carbocycles. The normalized spacial score (nSPS) is 17.6. The van der Waals surface area contributed by atoms with E-state index in [9.17, 15) is 8.78 Å². The number of rotatable bonds is 9. The lowest BCUT2D eigenvalue weighted by atomic mass is 9.89. The summed E-state index contributed by atoms with van der Waals surface area (Å²) >= 11 is 0. The summed E-state index contributed by atoms with van der Waals surface area (Å²) in [6.07, 6.45) is 14.1. The Morgan fingerprint density at radius 1 is 0.439 bits per heavy atom. The minimum Gasteiger partial charge on any atom is -0.333 e. The molecule has 4 aliphatic rings. The van der Waals surface area contributed by atoms with Gasteiger partial charge in [0.05, 0.1) is 6.04 Å². The third-order valence-corrected chi connectivity index (χ3v) is 13.4. The third kappa shape index (κ3) is 6.90. The van der Waals surface area contributed by atoms with Crippen molar-refractivity contribution in [3.63, 3.8) is 0 Å². The van der Waals surface area contributed by atoms with E-state index in [0.717, 1.165) is 63.1 Å². The minimum absolute atomic E-state index is 0.163. The minimum atomic E-state index is -0.274. The number of hydrogen-bond donors (Lipinski definition) is 0. The molecule has 4 nitrogen and oxygen atoms in total. The van der Waals surface area contributed by atoms with E-state index in [2.05, 4.69) is 208 Å². The third-order valence-electron chi connectivity index (χ3n) is 13.4. The summed E-state index contributed by atoms with van der Waals surface area (Å²) in [7, 11) is 0. The zero-order valence-electron chi connectivity index (χ0n) is 36.0. The van der Waals surface area contributed by atoms with Crippen LogP contribution in [0.5, 0.6) is 0 Å². The van der Waals surface area contributed by atoms with Crippen LogP contribution in [0.2, 0.25) is 0 Å². The number of benzene rings is 8. The molecule has 6 heteroatoms. The molecule has 0 fully saturated rings. The van der Waals surface area contributed by atoms with Gasteiger partial charge in [-0.3, -0.25) is 0 Å². The number of allylic oxidation sites excluding steroid dienone is 6. The fraction of sp³-hybridized carbons (Fsp3) is 0.0667. The van der Waals surface area contributed by atoms with Gasteiger partial charge in [0.15, 0.2) is 0 Å². The fourth-order valence-corrected chi connectivity index (χ4v) is 10.4. The van der Waals surface area contributed by atoms with Gasteiger partial charge in [0.25, 0.3) is 0 Å². The summed E-state index contributed by atoms with van der Waals surface area (Å²) in [5.41, 5.74) is 16.5. The molecule has 2 heterocycles. The average molecular weight is 859 g/mol. The summed E-state index contributed by atoms with van der Waals surface area (Å²) < 4.78 is 28.8. The fourth-order valence-electron chi connectivity index (χ4n) is 10.4. The van der Waals surface area contributed by atoms with Gasteiger partial charge in [-0.1, -0.05) is 103 Å². The Bertz CT molecular complexity index is 3200. The van der Waals surface area contributed by atoms with E-state index < -0.39 is 0 Å². The first-order valence-electron chi connectivity index (χ1n) is 22.6. The van der Waals surface area contributed by atoms with E-state index >= 15 is 0 Å². The van der Waals surface area contributed by atoms with Crippen LogP contribution >= 0.6 is 0 Å². The molecule has 0 saturated heterocycles. The molecule has 0 aromatic heterocycles. The van der Waals surface area contributed by atoms with Crippen LogP contribution in [0.25, 0.3) is 11.1 Å². The maximum absolute atomic E-state index is 14.4. The molecule has 0 N–H and O–H groups in total.